The summed E-state index contributed by atoms with van der Waals surface area (Å²) in [5.41, 5.74) is 3.83. The van der Waals surface area contributed by atoms with Crippen molar-refractivity contribution in [3.8, 4) is 5.69 Å². The molecule has 2 N–H and O–H groups in total. The van der Waals surface area contributed by atoms with E-state index >= 15 is 0 Å². The number of carboxylic acids is 1. The van der Waals surface area contributed by atoms with Crippen LogP contribution in [0.5, 0.6) is 0 Å². The normalized spacial score (nSPS) is 11.5. The standard InChI is InChI=1S/C25H21N3O4S/c1-13-4-6-15(3)16(8-13)10-27-20-7-5-14(2)9-17(20)21(22(27)24(30)31)28-23(29)18-11-33-12-19(18)26-25(28)32/h4-9,11-12H,10H2,1-3H3,(H,26,32)(H,30,31). The average Bonchev–Trinajstić information content (AvgIpc) is 3.34. The summed E-state index contributed by atoms with van der Waals surface area (Å²) in [5, 5.41) is 14.5. The largest absolute Gasteiger partial charge is 0.477 e. The molecule has 3 heterocycles. The van der Waals surface area contributed by atoms with Crippen molar-refractivity contribution in [3.63, 3.8) is 0 Å². The van der Waals surface area contributed by atoms with Crippen LogP contribution in [0.3, 0.4) is 0 Å². The van der Waals surface area contributed by atoms with Crippen LogP contribution in [0.1, 0.15) is 32.7 Å². The zero-order chi connectivity index (χ0) is 23.4. The van der Waals surface area contributed by atoms with Crippen molar-refractivity contribution < 1.29 is 9.90 Å². The van der Waals surface area contributed by atoms with Gasteiger partial charge in [-0.3, -0.25) is 4.79 Å². The minimum Gasteiger partial charge on any atom is -0.477 e. The number of aromatic amines is 1. The number of aryl methyl sites for hydroxylation is 3. The van der Waals surface area contributed by atoms with Gasteiger partial charge in [-0.15, -0.1) is 11.3 Å². The number of rotatable bonds is 4. The highest BCUT2D eigenvalue weighted by atomic mass is 32.1. The van der Waals surface area contributed by atoms with E-state index in [1.807, 2.05) is 57.2 Å². The number of aromatic nitrogens is 3. The van der Waals surface area contributed by atoms with Crippen molar-refractivity contribution in [1.82, 2.24) is 14.1 Å². The molecule has 5 aromatic rings. The van der Waals surface area contributed by atoms with Gasteiger partial charge in [0.1, 0.15) is 0 Å². The number of nitrogens with zero attached hydrogens (tertiary/aromatic N) is 2. The predicted molar refractivity (Wildman–Crippen MR) is 130 cm³/mol. The van der Waals surface area contributed by atoms with Gasteiger partial charge in [-0.25, -0.2) is 14.2 Å². The van der Waals surface area contributed by atoms with Crippen LogP contribution in [-0.4, -0.2) is 25.2 Å². The van der Waals surface area contributed by atoms with Gasteiger partial charge in [0.15, 0.2) is 5.69 Å². The first-order chi connectivity index (χ1) is 15.8. The zero-order valence-corrected chi connectivity index (χ0v) is 19.1. The Labute approximate surface area is 192 Å². The number of carboxylic acid groups (broad SMARTS) is 1. The van der Waals surface area contributed by atoms with E-state index in [1.54, 1.807) is 15.3 Å². The van der Waals surface area contributed by atoms with Crippen LogP contribution >= 0.6 is 11.3 Å². The first-order valence-electron chi connectivity index (χ1n) is 10.4. The quantitative estimate of drug-likeness (QED) is 0.417. The van der Waals surface area contributed by atoms with Crippen LogP contribution in [0.15, 0.2) is 56.7 Å². The molecule has 0 amide bonds. The second-order valence-corrected chi connectivity index (χ2v) is 9.05. The maximum absolute atomic E-state index is 13.3. The lowest BCUT2D eigenvalue weighted by atomic mass is 10.1. The molecule has 5 rings (SSSR count). The fraction of sp³-hybridized carbons (Fsp3) is 0.160. The molecule has 33 heavy (non-hydrogen) atoms. The van der Waals surface area contributed by atoms with E-state index in [-0.39, 0.29) is 11.4 Å². The van der Waals surface area contributed by atoms with Gasteiger partial charge in [-0.05, 0) is 44.0 Å². The third kappa shape index (κ3) is 3.30. The van der Waals surface area contributed by atoms with Crippen molar-refractivity contribution in [2.75, 3.05) is 0 Å². The summed E-state index contributed by atoms with van der Waals surface area (Å²) in [6, 6.07) is 11.6. The number of hydrogen-bond acceptors (Lipinski definition) is 4. The van der Waals surface area contributed by atoms with E-state index in [0.29, 0.717) is 28.4 Å². The highest BCUT2D eigenvalue weighted by Gasteiger charge is 2.27. The molecule has 166 valence electrons. The molecule has 7 nitrogen and oxygen atoms in total. The van der Waals surface area contributed by atoms with E-state index < -0.39 is 17.2 Å². The zero-order valence-electron chi connectivity index (χ0n) is 18.3. The van der Waals surface area contributed by atoms with Crippen LogP contribution in [0.25, 0.3) is 27.5 Å². The van der Waals surface area contributed by atoms with Crippen molar-refractivity contribution in [2.24, 2.45) is 0 Å². The second kappa shape index (κ2) is 7.60. The maximum Gasteiger partial charge on any atom is 0.354 e. The molecule has 0 aliphatic heterocycles. The van der Waals surface area contributed by atoms with Gasteiger partial charge in [0, 0.05) is 22.7 Å². The Hall–Kier alpha value is -3.91. The molecule has 0 aliphatic carbocycles. The molecule has 8 heteroatoms. The third-order valence-electron chi connectivity index (χ3n) is 5.99. The van der Waals surface area contributed by atoms with Crippen LogP contribution < -0.4 is 11.2 Å². The summed E-state index contributed by atoms with van der Waals surface area (Å²) in [7, 11) is 0. The highest BCUT2D eigenvalue weighted by molar-refractivity contribution is 7.09. The number of benzene rings is 2. The number of nitrogens with one attached hydrogen (secondary N) is 1. The molecule has 0 fully saturated rings. The Morgan fingerprint density at radius 2 is 1.73 bits per heavy atom. The fourth-order valence-electron chi connectivity index (χ4n) is 4.35. The Morgan fingerprint density at radius 3 is 2.48 bits per heavy atom. The van der Waals surface area contributed by atoms with Gasteiger partial charge in [0.05, 0.1) is 22.1 Å². The summed E-state index contributed by atoms with van der Waals surface area (Å²) in [4.78, 5) is 41.7. The molecule has 0 spiro atoms. The molecule has 0 saturated carbocycles. The molecule has 0 atom stereocenters. The molecule has 0 aliphatic rings. The van der Waals surface area contributed by atoms with Crippen LogP contribution in [-0.2, 0) is 6.54 Å². The Bertz CT molecular complexity index is 1700. The molecular formula is C25H21N3O4S. The van der Waals surface area contributed by atoms with E-state index in [1.165, 1.54) is 11.3 Å². The molecule has 0 unspecified atom stereocenters. The number of carbonyl (C=O) groups is 1. The summed E-state index contributed by atoms with van der Waals surface area (Å²) in [5.74, 6) is -1.21. The summed E-state index contributed by atoms with van der Waals surface area (Å²) in [6.07, 6.45) is 0. The monoisotopic (exact) mass is 459 g/mol. The SMILES string of the molecule is Cc1ccc(C)c(Cn2c(C(=O)O)c(-n3c(=O)[nH]c4cscc4c3=O)c3cc(C)ccc32)c1. The first-order valence-corrected chi connectivity index (χ1v) is 11.3. The lowest BCUT2D eigenvalue weighted by molar-refractivity contribution is 0.0686. The lowest BCUT2D eigenvalue weighted by Gasteiger charge is -2.12. The first kappa shape index (κ1) is 21.0. The van der Waals surface area contributed by atoms with E-state index in [0.717, 1.165) is 26.8 Å². The second-order valence-electron chi connectivity index (χ2n) is 8.31. The van der Waals surface area contributed by atoms with Crippen LogP contribution in [0.4, 0.5) is 0 Å². The van der Waals surface area contributed by atoms with Gasteiger partial charge >= 0.3 is 11.7 Å². The van der Waals surface area contributed by atoms with Gasteiger partial charge in [0.25, 0.3) is 5.56 Å². The number of fused-ring (bicyclic) bond motifs is 2. The summed E-state index contributed by atoms with van der Waals surface area (Å²) in [6.45, 7) is 6.15. The molecule has 0 radical (unpaired) electrons. The van der Waals surface area contributed by atoms with Crippen LogP contribution in [0, 0.1) is 20.8 Å². The van der Waals surface area contributed by atoms with Gasteiger partial charge in [-0.1, -0.05) is 35.4 Å². The van der Waals surface area contributed by atoms with Crippen LogP contribution in [0.2, 0.25) is 0 Å². The maximum atomic E-state index is 13.3. The summed E-state index contributed by atoms with van der Waals surface area (Å²) >= 11 is 1.30. The van der Waals surface area contributed by atoms with Gasteiger partial charge in [0.2, 0.25) is 0 Å². The number of thiophene rings is 1. The van der Waals surface area contributed by atoms with Crippen molar-refractivity contribution in [3.05, 3.63) is 95.9 Å². The van der Waals surface area contributed by atoms with Gasteiger partial charge in [-0.2, -0.15) is 0 Å². The van der Waals surface area contributed by atoms with Crippen molar-refractivity contribution in [1.29, 1.82) is 0 Å². The fourth-order valence-corrected chi connectivity index (χ4v) is 5.10. The minimum atomic E-state index is -1.21. The Kier molecular flexibility index (Phi) is 4.83. The highest BCUT2D eigenvalue weighted by Crippen LogP contribution is 2.31. The molecule has 2 aromatic carbocycles. The Morgan fingerprint density at radius 1 is 1.00 bits per heavy atom. The van der Waals surface area contributed by atoms with E-state index in [4.69, 9.17) is 0 Å². The third-order valence-corrected chi connectivity index (χ3v) is 6.74. The van der Waals surface area contributed by atoms with Gasteiger partial charge < -0.3 is 14.7 Å². The van der Waals surface area contributed by atoms with Crippen molar-refractivity contribution >= 4 is 39.1 Å². The minimum absolute atomic E-state index is 0.0888. The number of hydrogen-bond donors (Lipinski definition) is 2. The lowest BCUT2D eigenvalue weighted by Crippen LogP contribution is -2.34. The predicted octanol–water partition coefficient (Wildman–Crippen LogP) is 4.37. The number of aromatic carboxylic acids is 1. The molecule has 3 aromatic heterocycles. The Balaban J connectivity index is 1.91. The summed E-state index contributed by atoms with van der Waals surface area (Å²) < 4.78 is 2.64. The van der Waals surface area contributed by atoms with E-state index in [9.17, 15) is 19.5 Å². The smallest absolute Gasteiger partial charge is 0.354 e. The average molecular weight is 460 g/mol. The van der Waals surface area contributed by atoms with Crippen molar-refractivity contribution in [2.45, 2.75) is 27.3 Å². The molecule has 0 saturated heterocycles. The molecule has 0 bridgehead atoms. The van der Waals surface area contributed by atoms with E-state index in [2.05, 4.69) is 4.98 Å². The number of H-pyrrole nitrogens is 1. The topological polar surface area (TPSA) is 97.1 Å². The molecular weight excluding hydrogens is 438 g/mol.